The third-order valence-electron chi connectivity index (χ3n) is 2.47. The van der Waals surface area contributed by atoms with E-state index in [1.165, 1.54) is 4.90 Å². The van der Waals surface area contributed by atoms with Gasteiger partial charge in [-0.05, 0) is 11.8 Å². The summed E-state index contributed by atoms with van der Waals surface area (Å²) < 4.78 is 0. The Morgan fingerprint density at radius 3 is 2.18 bits per heavy atom. The van der Waals surface area contributed by atoms with E-state index in [9.17, 15) is 9.59 Å². The summed E-state index contributed by atoms with van der Waals surface area (Å²) in [5, 5.41) is 2.76. The highest BCUT2D eigenvalue weighted by molar-refractivity contribution is 5.87. The molecule has 0 aliphatic rings. The van der Waals surface area contributed by atoms with Gasteiger partial charge in [0.25, 0.3) is 0 Å². The van der Waals surface area contributed by atoms with Gasteiger partial charge in [0.15, 0.2) is 0 Å². The van der Waals surface area contributed by atoms with Crippen molar-refractivity contribution in [2.24, 2.45) is 17.6 Å². The number of nitrogens with two attached hydrogens (primary N) is 1. The Hall–Kier alpha value is -1.10. The number of hydrogen-bond donors (Lipinski definition) is 2. The molecule has 3 N–H and O–H groups in total. The van der Waals surface area contributed by atoms with Crippen molar-refractivity contribution < 1.29 is 9.59 Å². The summed E-state index contributed by atoms with van der Waals surface area (Å²) in [7, 11) is 1.60. The molecule has 0 saturated carbocycles. The molecule has 100 valence electrons. The number of amides is 2. The number of nitrogens with one attached hydrogen (secondary N) is 1. The first kappa shape index (κ1) is 15.9. The molecule has 0 aromatic heterocycles. The van der Waals surface area contributed by atoms with E-state index in [4.69, 9.17) is 5.73 Å². The second-order valence-electron chi connectivity index (χ2n) is 5.16. The molecule has 0 saturated heterocycles. The van der Waals surface area contributed by atoms with Gasteiger partial charge in [0, 0.05) is 13.6 Å². The molecule has 5 heteroatoms. The first-order valence-corrected chi connectivity index (χ1v) is 6.03. The van der Waals surface area contributed by atoms with Crippen molar-refractivity contribution in [3.8, 4) is 0 Å². The zero-order chi connectivity index (χ0) is 13.6. The molecule has 0 spiro atoms. The Bertz CT molecular complexity index is 264. The third-order valence-corrected chi connectivity index (χ3v) is 2.47. The molecule has 0 unspecified atom stereocenters. The lowest BCUT2D eigenvalue weighted by Crippen LogP contribution is -2.48. The van der Waals surface area contributed by atoms with Crippen LogP contribution in [-0.2, 0) is 9.59 Å². The van der Waals surface area contributed by atoms with E-state index in [0.717, 1.165) is 0 Å². The van der Waals surface area contributed by atoms with Gasteiger partial charge in [-0.25, -0.2) is 0 Å². The number of nitrogens with zero attached hydrogens (tertiary/aromatic N) is 1. The van der Waals surface area contributed by atoms with Crippen LogP contribution in [-0.4, -0.2) is 42.9 Å². The fourth-order valence-electron chi connectivity index (χ4n) is 1.21. The average molecular weight is 243 g/mol. The van der Waals surface area contributed by atoms with E-state index in [1.807, 2.05) is 27.7 Å². The molecule has 0 aromatic carbocycles. The van der Waals surface area contributed by atoms with Crippen molar-refractivity contribution in [1.82, 2.24) is 10.2 Å². The quantitative estimate of drug-likeness (QED) is 0.700. The van der Waals surface area contributed by atoms with Gasteiger partial charge in [0.2, 0.25) is 11.8 Å². The van der Waals surface area contributed by atoms with Crippen molar-refractivity contribution in [3.63, 3.8) is 0 Å². The minimum atomic E-state index is -0.544. The van der Waals surface area contributed by atoms with Gasteiger partial charge in [0.05, 0.1) is 12.6 Å². The highest BCUT2D eigenvalue weighted by Crippen LogP contribution is 2.01. The molecule has 1 atom stereocenters. The van der Waals surface area contributed by atoms with E-state index in [0.29, 0.717) is 12.5 Å². The van der Waals surface area contributed by atoms with Crippen molar-refractivity contribution in [2.45, 2.75) is 33.7 Å². The number of carbonyl (C=O) groups excluding carboxylic acids is 2. The van der Waals surface area contributed by atoms with Crippen LogP contribution in [0.15, 0.2) is 0 Å². The van der Waals surface area contributed by atoms with E-state index < -0.39 is 6.04 Å². The summed E-state index contributed by atoms with van der Waals surface area (Å²) in [5.74, 6) is 0.131. The summed E-state index contributed by atoms with van der Waals surface area (Å²) in [6.07, 6.45) is 0. The predicted molar refractivity (Wildman–Crippen MR) is 68.3 cm³/mol. The molecule has 0 aliphatic heterocycles. The zero-order valence-corrected chi connectivity index (χ0v) is 11.5. The Morgan fingerprint density at radius 1 is 1.24 bits per heavy atom. The fraction of sp³-hybridized carbons (Fsp3) is 0.833. The molecule has 0 aromatic rings. The fourth-order valence-corrected chi connectivity index (χ4v) is 1.21. The van der Waals surface area contributed by atoms with Crippen LogP contribution < -0.4 is 11.1 Å². The summed E-state index contributed by atoms with van der Waals surface area (Å²) in [4.78, 5) is 24.7. The first-order valence-electron chi connectivity index (χ1n) is 6.03. The normalized spacial score (nSPS) is 12.7. The number of hydrogen-bond acceptors (Lipinski definition) is 3. The molecule has 0 fully saturated rings. The minimum Gasteiger partial charge on any atom is -0.354 e. The molecule has 5 nitrogen and oxygen atoms in total. The predicted octanol–water partition coefficient (Wildman–Crippen LogP) is 0.200. The second-order valence-corrected chi connectivity index (χ2v) is 5.16. The van der Waals surface area contributed by atoms with Crippen molar-refractivity contribution in [1.29, 1.82) is 0 Å². The highest BCUT2D eigenvalue weighted by atomic mass is 16.2. The summed E-state index contributed by atoms with van der Waals surface area (Å²) in [5.41, 5.74) is 5.74. The lowest BCUT2D eigenvalue weighted by molar-refractivity contribution is -0.136. The molecule has 0 aliphatic carbocycles. The lowest BCUT2D eigenvalue weighted by atomic mass is 10.0. The van der Waals surface area contributed by atoms with Gasteiger partial charge in [-0.1, -0.05) is 27.7 Å². The standard InChI is InChI=1S/C12H25N3O2/c1-8(2)6-14-10(16)7-15(5)12(17)11(13)9(3)4/h8-9,11H,6-7,13H2,1-5H3,(H,14,16)/t11-/m0/s1. The molecular weight excluding hydrogens is 218 g/mol. The van der Waals surface area contributed by atoms with Crippen molar-refractivity contribution in [3.05, 3.63) is 0 Å². The number of carbonyl (C=O) groups is 2. The maximum atomic E-state index is 11.8. The molecule has 17 heavy (non-hydrogen) atoms. The molecule has 0 heterocycles. The van der Waals surface area contributed by atoms with Crippen molar-refractivity contribution >= 4 is 11.8 Å². The Balaban J connectivity index is 4.12. The minimum absolute atomic E-state index is 0.0615. The maximum absolute atomic E-state index is 11.8. The summed E-state index contributed by atoms with van der Waals surface area (Å²) in [6.45, 7) is 8.49. The van der Waals surface area contributed by atoms with Crippen LogP contribution >= 0.6 is 0 Å². The zero-order valence-electron chi connectivity index (χ0n) is 11.5. The van der Waals surface area contributed by atoms with E-state index in [1.54, 1.807) is 7.05 Å². The van der Waals surface area contributed by atoms with E-state index in [2.05, 4.69) is 5.32 Å². The van der Waals surface area contributed by atoms with Gasteiger partial charge in [-0.15, -0.1) is 0 Å². The van der Waals surface area contributed by atoms with Gasteiger partial charge < -0.3 is 16.0 Å². The Kier molecular flexibility index (Phi) is 6.80. The van der Waals surface area contributed by atoms with Crippen LogP contribution in [0.2, 0.25) is 0 Å². The first-order chi connectivity index (χ1) is 7.75. The molecule has 2 amide bonds. The molecule has 0 radical (unpaired) electrons. The van der Waals surface area contributed by atoms with Gasteiger partial charge in [0.1, 0.15) is 0 Å². The Morgan fingerprint density at radius 2 is 1.76 bits per heavy atom. The van der Waals surface area contributed by atoms with Crippen LogP contribution in [0.3, 0.4) is 0 Å². The summed E-state index contributed by atoms with van der Waals surface area (Å²) >= 11 is 0. The lowest BCUT2D eigenvalue weighted by Gasteiger charge is -2.23. The molecule has 0 rings (SSSR count). The summed E-state index contributed by atoms with van der Waals surface area (Å²) in [6, 6.07) is -0.544. The maximum Gasteiger partial charge on any atom is 0.239 e. The highest BCUT2D eigenvalue weighted by Gasteiger charge is 2.22. The number of likely N-dealkylation sites (N-methyl/N-ethyl adjacent to an activating group) is 1. The Labute approximate surface area is 104 Å². The second kappa shape index (κ2) is 7.27. The third kappa shape index (κ3) is 6.26. The average Bonchev–Trinajstić information content (AvgIpc) is 2.23. The van der Waals surface area contributed by atoms with Gasteiger partial charge in [-0.2, -0.15) is 0 Å². The van der Waals surface area contributed by atoms with E-state index >= 15 is 0 Å². The van der Waals surface area contributed by atoms with Crippen LogP contribution in [0.5, 0.6) is 0 Å². The van der Waals surface area contributed by atoms with Gasteiger partial charge >= 0.3 is 0 Å². The van der Waals surface area contributed by atoms with Crippen LogP contribution in [0.25, 0.3) is 0 Å². The molecule has 0 bridgehead atoms. The topological polar surface area (TPSA) is 75.4 Å². The monoisotopic (exact) mass is 243 g/mol. The smallest absolute Gasteiger partial charge is 0.239 e. The SMILES string of the molecule is CC(C)CNC(=O)CN(C)C(=O)[C@@H](N)C(C)C. The van der Waals surface area contributed by atoms with E-state index in [-0.39, 0.29) is 24.3 Å². The molecular formula is C12H25N3O2. The van der Waals surface area contributed by atoms with Gasteiger partial charge in [-0.3, -0.25) is 9.59 Å². The largest absolute Gasteiger partial charge is 0.354 e. The van der Waals surface area contributed by atoms with Crippen LogP contribution in [0.4, 0.5) is 0 Å². The van der Waals surface area contributed by atoms with Crippen molar-refractivity contribution in [2.75, 3.05) is 20.1 Å². The van der Waals surface area contributed by atoms with Crippen LogP contribution in [0.1, 0.15) is 27.7 Å². The van der Waals surface area contributed by atoms with Crippen LogP contribution in [0, 0.1) is 11.8 Å². The number of rotatable bonds is 6.